The third kappa shape index (κ3) is 24.9. The Morgan fingerprint density at radius 1 is 0.909 bits per heavy atom. The Balaban J connectivity index is -0.0000000104. The number of hydrogen-bond donors (Lipinski definition) is 0. The van der Waals surface area contributed by atoms with Crippen molar-refractivity contribution in [1.82, 2.24) is 0 Å². The topological polar surface area (TPSA) is 0 Å². The Morgan fingerprint density at radius 3 is 1.45 bits per heavy atom. The molecule has 1 heteroatoms. The molecule has 0 aromatic heterocycles. The van der Waals surface area contributed by atoms with Crippen molar-refractivity contribution in [2.24, 2.45) is 0 Å². The smallest absolute Gasteiger partial charge is 0 e. The van der Waals surface area contributed by atoms with Crippen LogP contribution in [0.2, 0.25) is 0 Å². The van der Waals surface area contributed by atoms with E-state index in [1.165, 1.54) is 0 Å². The molecule has 0 saturated heterocycles. The van der Waals surface area contributed by atoms with Gasteiger partial charge in [0.25, 0.3) is 0 Å². The summed E-state index contributed by atoms with van der Waals surface area (Å²) in [5.41, 5.74) is 0. The van der Waals surface area contributed by atoms with E-state index in [0.717, 1.165) is 6.42 Å². The maximum Gasteiger partial charge on any atom is 0 e. The van der Waals surface area contributed by atoms with Crippen LogP contribution in [-0.4, -0.2) is 0 Å². The van der Waals surface area contributed by atoms with Crippen molar-refractivity contribution < 1.29 is 36.9 Å². The van der Waals surface area contributed by atoms with Crippen LogP contribution in [0, 0.1) is 80.1 Å². The summed E-state index contributed by atoms with van der Waals surface area (Å²) in [5.74, 6) is 0. The molecule has 1 radical (unpaired) electrons. The Hall–Kier alpha value is 0.714. The van der Waals surface area contributed by atoms with Crippen LogP contribution >= 0.6 is 0 Å². The van der Waals surface area contributed by atoms with E-state index in [9.17, 15) is 0 Å². The molecule has 0 spiro atoms. The molecule has 0 saturated carbocycles. The van der Waals surface area contributed by atoms with Gasteiger partial charge in [-0.25, -0.2) is 12.2 Å². The van der Waals surface area contributed by atoms with Crippen LogP contribution in [0.1, 0.15) is 6.42 Å². The molecule has 0 aromatic carbocycles. The van der Waals surface area contributed by atoms with Crippen LogP contribution in [0.5, 0.6) is 0 Å². The summed E-state index contributed by atoms with van der Waals surface area (Å²) in [6.45, 7) is 0. The number of rotatable bonds is 0. The van der Waals surface area contributed by atoms with Gasteiger partial charge in [0.15, 0.2) is 0 Å². The monoisotopic (exact) mass is 315 g/mol. The van der Waals surface area contributed by atoms with Gasteiger partial charge in [0.1, 0.15) is 0 Å². The SMILES string of the molecule is [C-]1=CC=CC1.[CH3-].[CH3-].[CH3-].[CH3-].[CH3-].[Lu]. The van der Waals surface area contributed by atoms with Gasteiger partial charge >= 0.3 is 0 Å². The molecule has 0 bridgehead atoms. The van der Waals surface area contributed by atoms with E-state index in [1.807, 2.05) is 12.2 Å². The molecule has 0 amide bonds. The van der Waals surface area contributed by atoms with Crippen molar-refractivity contribution in [2.45, 2.75) is 6.42 Å². The van der Waals surface area contributed by atoms with Crippen LogP contribution in [0.4, 0.5) is 0 Å². The maximum atomic E-state index is 2.99. The third-order valence-corrected chi connectivity index (χ3v) is 0.586. The van der Waals surface area contributed by atoms with E-state index >= 15 is 0 Å². The van der Waals surface area contributed by atoms with E-state index in [0.29, 0.717) is 0 Å². The summed E-state index contributed by atoms with van der Waals surface area (Å²) in [5, 5.41) is 0. The summed E-state index contributed by atoms with van der Waals surface area (Å²) in [7, 11) is 0. The van der Waals surface area contributed by atoms with Crippen LogP contribution in [0.3, 0.4) is 0 Å². The van der Waals surface area contributed by atoms with Gasteiger partial charge in [-0.1, -0.05) is 0 Å². The van der Waals surface area contributed by atoms with Gasteiger partial charge in [0, 0.05) is 36.9 Å². The number of hydrogen-bond acceptors (Lipinski definition) is 0. The first-order valence-corrected chi connectivity index (χ1v) is 1.72. The van der Waals surface area contributed by atoms with Crippen molar-refractivity contribution in [3.63, 3.8) is 0 Å². The molecule has 0 fully saturated rings. The average Bonchev–Trinajstić information content (AvgIpc) is 1.76. The Labute approximate surface area is 104 Å². The standard InChI is InChI=1S/C5H5.5CH3.Lu/c1-2-4-5-3-1;;;;;;/h1-3H,4H2;5*1H3;/q6*-1;. The summed E-state index contributed by atoms with van der Waals surface area (Å²) in [6.07, 6.45) is 10.0. The fourth-order valence-electron chi connectivity index (χ4n) is 0.340. The van der Waals surface area contributed by atoms with Gasteiger partial charge in [-0.15, -0.1) is 6.42 Å². The maximum absolute atomic E-state index is 2.99. The van der Waals surface area contributed by atoms with Gasteiger partial charge in [0.05, 0.1) is 0 Å². The summed E-state index contributed by atoms with van der Waals surface area (Å²) >= 11 is 0. The Bertz CT molecular complexity index is 62.9. The Kier molecular flexibility index (Phi) is 116. The molecule has 0 N–H and O–H groups in total. The molecule has 0 nitrogen and oxygen atoms in total. The molecule has 0 unspecified atom stereocenters. The first kappa shape index (κ1) is 41.2. The second kappa shape index (κ2) is 31.0. The molecule has 81 valence electrons. The second-order valence-corrected chi connectivity index (χ2v) is 1.00. The largest absolute Gasteiger partial charge is 0.358 e. The number of allylic oxidation sites excluding steroid dienone is 4. The fourth-order valence-corrected chi connectivity index (χ4v) is 0.340. The van der Waals surface area contributed by atoms with E-state index < -0.39 is 0 Å². The predicted molar refractivity (Wildman–Crippen MR) is 53.6 cm³/mol. The zero-order chi connectivity index (χ0) is 3.54. The summed E-state index contributed by atoms with van der Waals surface area (Å²) < 4.78 is 0. The summed E-state index contributed by atoms with van der Waals surface area (Å²) in [6, 6.07) is 0. The van der Waals surface area contributed by atoms with E-state index in [2.05, 4.69) is 12.2 Å². The molecule has 0 heterocycles. The molecular formula is C10H20Lu-6. The molecule has 0 atom stereocenters. The zero-order valence-electron chi connectivity index (χ0n) is 8.20. The molecule has 1 aliphatic carbocycles. The van der Waals surface area contributed by atoms with Crippen molar-refractivity contribution in [1.29, 1.82) is 0 Å². The van der Waals surface area contributed by atoms with Gasteiger partial charge in [-0.3, -0.25) is 6.08 Å². The van der Waals surface area contributed by atoms with Gasteiger partial charge < -0.3 is 37.1 Å². The van der Waals surface area contributed by atoms with Crippen LogP contribution < -0.4 is 0 Å². The van der Waals surface area contributed by atoms with Crippen LogP contribution in [0.25, 0.3) is 0 Å². The van der Waals surface area contributed by atoms with Crippen molar-refractivity contribution in [3.8, 4) is 0 Å². The molecule has 1 rings (SSSR count). The second-order valence-electron chi connectivity index (χ2n) is 1.00. The van der Waals surface area contributed by atoms with Crippen LogP contribution in [-0.2, 0) is 0 Å². The van der Waals surface area contributed by atoms with E-state index in [1.54, 1.807) is 0 Å². The summed E-state index contributed by atoms with van der Waals surface area (Å²) in [4.78, 5) is 0. The molecular weight excluding hydrogens is 295 g/mol. The molecule has 1 aliphatic rings. The average molecular weight is 315 g/mol. The fraction of sp³-hybridized carbons (Fsp3) is 0.100. The first-order valence-electron chi connectivity index (χ1n) is 1.72. The normalized spacial score (nSPS) is 8.00. The van der Waals surface area contributed by atoms with Crippen molar-refractivity contribution >= 4 is 0 Å². The van der Waals surface area contributed by atoms with Gasteiger partial charge in [-0.05, 0) is 0 Å². The Morgan fingerprint density at radius 2 is 1.36 bits per heavy atom. The van der Waals surface area contributed by atoms with Crippen molar-refractivity contribution in [3.05, 3.63) is 61.4 Å². The molecule has 11 heavy (non-hydrogen) atoms. The van der Waals surface area contributed by atoms with E-state index in [4.69, 9.17) is 0 Å². The predicted octanol–water partition coefficient (Wildman–Crippen LogP) is 3.56. The third-order valence-electron chi connectivity index (χ3n) is 0.586. The van der Waals surface area contributed by atoms with Gasteiger partial charge in [0.2, 0.25) is 0 Å². The molecule has 0 aromatic rings. The molecule has 0 aliphatic heterocycles. The minimum absolute atomic E-state index is 0. The minimum Gasteiger partial charge on any atom is -0.358 e. The van der Waals surface area contributed by atoms with Gasteiger partial charge in [-0.2, -0.15) is 6.08 Å². The van der Waals surface area contributed by atoms with Crippen molar-refractivity contribution in [2.75, 3.05) is 0 Å². The van der Waals surface area contributed by atoms with Crippen LogP contribution in [0.15, 0.2) is 18.2 Å². The minimum atomic E-state index is 0. The van der Waals surface area contributed by atoms with E-state index in [-0.39, 0.29) is 74.0 Å². The first-order chi connectivity index (χ1) is 2.50. The zero-order valence-corrected chi connectivity index (χ0v) is 9.85. The quantitative estimate of drug-likeness (QED) is 0.600.